The van der Waals surface area contributed by atoms with Crippen LogP contribution < -0.4 is 10.6 Å². The molecule has 2 heterocycles. The third kappa shape index (κ3) is 5.73. The third-order valence-corrected chi connectivity index (χ3v) is 7.92. The number of anilines is 2. The first-order valence-corrected chi connectivity index (χ1v) is 14.2. The number of halogens is 2. The number of carbonyl (C=O) groups is 1. The van der Waals surface area contributed by atoms with Crippen LogP contribution in [0.5, 0.6) is 0 Å². The van der Waals surface area contributed by atoms with Gasteiger partial charge in [-0.05, 0) is 60.7 Å². The van der Waals surface area contributed by atoms with Crippen LogP contribution in [0.25, 0.3) is 32.9 Å². The van der Waals surface area contributed by atoms with E-state index < -0.39 is 0 Å². The second-order valence-electron chi connectivity index (χ2n) is 8.83. The Labute approximate surface area is 236 Å². The van der Waals surface area contributed by atoms with Gasteiger partial charge in [-0.1, -0.05) is 61.2 Å². The summed E-state index contributed by atoms with van der Waals surface area (Å²) in [4.78, 5) is 23.5. The number of amides is 2. The van der Waals surface area contributed by atoms with Crippen molar-refractivity contribution in [1.29, 1.82) is 0 Å². The van der Waals surface area contributed by atoms with Crippen LogP contribution >= 0.6 is 35.0 Å². The molecule has 0 aliphatic rings. The van der Waals surface area contributed by atoms with Gasteiger partial charge in [0.25, 0.3) is 0 Å². The van der Waals surface area contributed by atoms with Gasteiger partial charge in [-0.2, -0.15) is 0 Å². The van der Waals surface area contributed by atoms with E-state index >= 15 is 0 Å². The normalized spacial score (nSPS) is 11.1. The highest BCUT2D eigenvalue weighted by Gasteiger charge is 2.18. The number of benzene rings is 3. The van der Waals surface area contributed by atoms with E-state index in [2.05, 4.69) is 27.5 Å². The lowest BCUT2D eigenvalue weighted by Crippen LogP contribution is -2.21. The maximum absolute atomic E-state index is 13.5. The van der Waals surface area contributed by atoms with E-state index in [4.69, 9.17) is 23.2 Å². The Balaban J connectivity index is 1.52. The Bertz CT molecular complexity index is 1630. The van der Waals surface area contributed by atoms with E-state index in [9.17, 15) is 4.79 Å². The summed E-state index contributed by atoms with van der Waals surface area (Å²) in [6, 6.07) is 20.5. The van der Waals surface area contributed by atoms with Crippen molar-refractivity contribution in [1.82, 2.24) is 9.97 Å². The number of nitrogens with zero attached hydrogens (tertiary/aromatic N) is 2. The molecule has 38 heavy (non-hydrogen) atoms. The molecule has 0 atom stereocenters. The van der Waals surface area contributed by atoms with Gasteiger partial charge < -0.3 is 10.6 Å². The summed E-state index contributed by atoms with van der Waals surface area (Å²) in [6.07, 6.45) is 6.86. The molecule has 0 unspecified atom stereocenters. The zero-order chi connectivity index (χ0) is 26.5. The number of urea groups is 1. The van der Waals surface area contributed by atoms with Crippen molar-refractivity contribution >= 4 is 74.2 Å². The topological polar surface area (TPSA) is 66.9 Å². The zero-order valence-electron chi connectivity index (χ0n) is 20.8. The first-order valence-electron chi connectivity index (χ1n) is 12.5. The first-order chi connectivity index (χ1) is 18.5. The minimum absolute atomic E-state index is 0.381. The second kappa shape index (κ2) is 12.0. The number of fused-ring (bicyclic) bond motifs is 2. The monoisotopic (exact) mass is 560 g/mol. The fraction of sp³-hybridized carbons (Fsp3) is 0.167. The van der Waals surface area contributed by atoms with Crippen LogP contribution in [0.15, 0.2) is 84.0 Å². The molecule has 2 amide bonds. The Hall–Kier alpha value is -3.32. The molecular formula is C30H26Cl2N4OS. The van der Waals surface area contributed by atoms with Gasteiger partial charge in [0.15, 0.2) is 0 Å². The SMILES string of the molecule is CCCCCSc1ccc2ncccc2c1NC(=O)Nc1cnc2ccc(Cl)cc2c1-c1ccccc1Cl. The highest BCUT2D eigenvalue weighted by Crippen LogP contribution is 2.40. The maximum atomic E-state index is 13.5. The maximum Gasteiger partial charge on any atom is 0.323 e. The molecule has 8 heteroatoms. The predicted octanol–water partition coefficient (Wildman–Crippen LogP) is 9.68. The quantitative estimate of drug-likeness (QED) is 0.146. The van der Waals surface area contributed by atoms with Crippen molar-refractivity contribution in [2.75, 3.05) is 16.4 Å². The predicted molar refractivity (Wildman–Crippen MR) is 162 cm³/mol. The van der Waals surface area contributed by atoms with Gasteiger partial charge in [-0.15, -0.1) is 11.8 Å². The van der Waals surface area contributed by atoms with Gasteiger partial charge in [0.1, 0.15) is 0 Å². The highest BCUT2D eigenvalue weighted by atomic mass is 35.5. The second-order valence-corrected chi connectivity index (χ2v) is 10.8. The van der Waals surface area contributed by atoms with Crippen LogP contribution in [0.2, 0.25) is 10.0 Å². The van der Waals surface area contributed by atoms with Gasteiger partial charge in [0.05, 0.1) is 28.6 Å². The third-order valence-electron chi connectivity index (χ3n) is 6.21. The molecule has 0 fully saturated rings. The fourth-order valence-electron chi connectivity index (χ4n) is 4.40. The Morgan fingerprint density at radius 2 is 1.71 bits per heavy atom. The van der Waals surface area contributed by atoms with E-state index in [0.29, 0.717) is 15.7 Å². The minimum atomic E-state index is -0.381. The number of rotatable bonds is 8. The van der Waals surface area contributed by atoms with Crippen molar-refractivity contribution in [2.24, 2.45) is 0 Å². The number of aromatic nitrogens is 2. The summed E-state index contributed by atoms with van der Waals surface area (Å²) in [5, 5.41) is 8.94. The molecule has 0 aliphatic heterocycles. The van der Waals surface area contributed by atoms with E-state index in [1.807, 2.05) is 60.7 Å². The summed E-state index contributed by atoms with van der Waals surface area (Å²) < 4.78 is 0. The summed E-state index contributed by atoms with van der Waals surface area (Å²) in [7, 11) is 0. The van der Waals surface area contributed by atoms with Crippen molar-refractivity contribution in [2.45, 2.75) is 31.1 Å². The van der Waals surface area contributed by atoms with Gasteiger partial charge in [0.2, 0.25) is 0 Å². The lowest BCUT2D eigenvalue weighted by Gasteiger charge is -2.17. The van der Waals surface area contributed by atoms with Crippen LogP contribution in [0.1, 0.15) is 26.2 Å². The van der Waals surface area contributed by atoms with Gasteiger partial charge in [0, 0.05) is 43.0 Å². The number of nitrogens with one attached hydrogen (secondary N) is 2. The fourth-order valence-corrected chi connectivity index (χ4v) is 5.84. The molecule has 3 aromatic carbocycles. The molecule has 192 valence electrons. The van der Waals surface area contributed by atoms with E-state index in [1.165, 1.54) is 6.42 Å². The first kappa shape index (κ1) is 26.3. The van der Waals surface area contributed by atoms with Gasteiger partial charge in [-0.3, -0.25) is 9.97 Å². The molecule has 0 saturated carbocycles. The lowest BCUT2D eigenvalue weighted by molar-refractivity contribution is 0.262. The number of hydrogen-bond donors (Lipinski definition) is 2. The Morgan fingerprint density at radius 1 is 0.895 bits per heavy atom. The summed E-state index contributed by atoms with van der Waals surface area (Å²) in [5.74, 6) is 0.974. The van der Waals surface area contributed by atoms with Crippen molar-refractivity contribution in [3.05, 3.63) is 89.2 Å². The molecule has 0 bridgehead atoms. The molecule has 5 aromatic rings. The minimum Gasteiger partial charge on any atom is -0.306 e. The van der Waals surface area contributed by atoms with Gasteiger partial charge >= 0.3 is 6.03 Å². The van der Waals surface area contributed by atoms with Crippen molar-refractivity contribution in [3.63, 3.8) is 0 Å². The average molecular weight is 562 g/mol. The molecule has 0 spiro atoms. The summed E-state index contributed by atoms with van der Waals surface area (Å²) in [5.41, 5.74) is 4.37. The van der Waals surface area contributed by atoms with Crippen molar-refractivity contribution < 1.29 is 4.79 Å². The zero-order valence-corrected chi connectivity index (χ0v) is 23.1. The largest absolute Gasteiger partial charge is 0.323 e. The number of carbonyl (C=O) groups excluding carboxylic acids is 1. The smallest absolute Gasteiger partial charge is 0.306 e. The number of hydrogen-bond acceptors (Lipinski definition) is 4. The number of thioether (sulfide) groups is 1. The highest BCUT2D eigenvalue weighted by molar-refractivity contribution is 7.99. The van der Waals surface area contributed by atoms with Crippen molar-refractivity contribution in [3.8, 4) is 11.1 Å². The van der Waals surface area contributed by atoms with Crippen LogP contribution in [0.4, 0.5) is 16.2 Å². The van der Waals surface area contributed by atoms with E-state index in [0.717, 1.165) is 62.1 Å². The molecule has 2 N–H and O–H groups in total. The lowest BCUT2D eigenvalue weighted by atomic mass is 9.99. The van der Waals surface area contributed by atoms with Crippen LogP contribution in [-0.4, -0.2) is 21.8 Å². The van der Waals surface area contributed by atoms with E-state index in [1.54, 1.807) is 30.2 Å². The molecule has 0 aliphatic carbocycles. The molecular weight excluding hydrogens is 535 g/mol. The molecule has 0 radical (unpaired) electrons. The van der Waals surface area contributed by atoms with Crippen LogP contribution in [0.3, 0.4) is 0 Å². The molecule has 5 nitrogen and oxygen atoms in total. The standard InChI is InChI=1S/C30H26Cl2N4OS/c1-2-3-6-16-38-27-14-13-24-21(9-7-15-33-24)29(27)36-30(37)35-26-18-34-25-12-11-19(31)17-22(25)28(26)20-8-4-5-10-23(20)32/h4-5,7-15,17-18H,2-3,6,16H2,1H3,(H2,35,36,37). The average Bonchev–Trinajstić information content (AvgIpc) is 2.92. The Morgan fingerprint density at radius 3 is 2.55 bits per heavy atom. The van der Waals surface area contributed by atoms with Crippen LogP contribution in [0, 0.1) is 0 Å². The summed E-state index contributed by atoms with van der Waals surface area (Å²) >= 11 is 14.7. The number of pyridine rings is 2. The molecule has 0 saturated heterocycles. The molecule has 2 aromatic heterocycles. The van der Waals surface area contributed by atoms with Crippen LogP contribution in [-0.2, 0) is 0 Å². The number of unbranched alkanes of at least 4 members (excludes halogenated alkanes) is 2. The summed E-state index contributed by atoms with van der Waals surface area (Å²) in [6.45, 7) is 2.19. The molecule has 5 rings (SSSR count). The van der Waals surface area contributed by atoms with E-state index in [-0.39, 0.29) is 6.03 Å². The Kier molecular flexibility index (Phi) is 8.32. The van der Waals surface area contributed by atoms with Gasteiger partial charge in [-0.25, -0.2) is 4.79 Å².